The van der Waals surface area contributed by atoms with Gasteiger partial charge >= 0.3 is 30.9 Å². The summed E-state index contributed by atoms with van der Waals surface area (Å²) in [4.78, 5) is 65.3. The summed E-state index contributed by atoms with van der Waals surface area (Å²) in [6, 6.07) is 0.220. The molecule has 3 aromatic carbocycles. The van der Waals surface area contributed by atoms with Gasteiger partial charge in [0.2, 0.25) is 5.82 Å². The Labute approximate surface area is 349 Å². The van der Waals surface area contributed by atoms with Crippen molar-refractivity contribution < 1.29 is 75.7 Å². The summed E-state index contributed by atoms with van der Waals surface area (Å²) in [6.45, 7) is 5.08. The predicted octanol–water partition coefficient (Wildman–Crippen LogP) is 4.29. The number of hydrogen-bond donors (Lipinski definition) is 7. The fraction of sp³-hybridized carbons (Fsp3) is 0.342. The highest BCUT2D eigenvalue weighted by atomic mass is 35.5. The number of carboxylic acid groups (broad SMARTS) is 1. The first kappa shape index (κ1) is 45.8. The Bertz CT molecular complexity index is 2290. The molecule has 7 N–H and O–H groups in total. The van der Waals surface area contributed by atoms with E-state index in [2.05, 4.69) is 29.5 Å². The average Bonchev–Trinajstić information content (AvgIpc) is 4.02. The predicted molar refractivity (Wildman–Crippen MR) is 204 cm³/mol. The van der Waals surface area contributed by atoms with Crippen molar-refractivity contribution in [2.45, 2.75) is 44.6 Å². The van der Waals surface area contributed by atoms with Crippen LogP contribution in [0.4, 0.5) is 26.7 Å². The highest BCUT2D eigenvalue weighted by molar-refractivity contribution is 6.48. The van der Waals surface area contributed by atoms with Crippen LogP contribution in [0.5, 0.6) is 23.0 Å². The van der Waals surface area contributed by atoms with Gasteiger partial charge in [-0.2, -0.15) is 4.39 Å². The number of nitrogens with one attached hydrogen (secondary N) is 3. The SMILES string of the molecule is C=C(NC1Cc2ccc(F)c(C(=O)O)c2OB1OC)C(NC(=O)N1CCN(CCCNC(=O)c2cc(F)c(F)c(O)c2F)C(=O)C1=O)c1cc(F)c(O)c(O)c1Cl.CC1CC1. The Morgan fingerprint density at radius 3 is 2.28 bits per heavy atom. The van der Waals surface area contributed by atoms with Gasteiger partial charge in [0.05, 0.1) is 22.6 Å². The number of rotatable bonds is 12. The van der Waals surface area contributed by atoms with Crippen LogP contribution in [0.15, 0.2) is 36.5 Å². The molecule has 2 heterocycles. The number of fused-ring (bicyclic) bond motifs is 1. The molecule has 1 saturated carbocycles. The molecular weight excluding hydrogens is 844 g/mol. The number of nitrogens with zero attached hydrogens (tertiary/aromatic N) is 2. The lowest BCUT2D eigenvalue weighted by Gasteiger charge is -2.35. The Morgan fingerprint density at radius 1 is 0.984 bits per heavy atom. The maximum Gasteiger partial charge on any atom is 0.549 e. The van der Waals surface area contributed by atoms with E-state index >= 15 is 0 Å². The van der Waals surface area contributed by atoms with Gasteiger partial charge in [-0.3, -0.25) is 19.3 Å². The van der Waals surface area contributed by atoms with Crippen LogP contribution in [0.2, 0.25) is 5.02 Å². The smallest absolute Gasteiger partial charge is 0.534 e. The lowest BCUT2D eigenvalue weighted by Crippen LogP contribution is -2.59. The van der Waals surface area contributed by atoms with E-state index in [-0.39, 0.29) is 55.6 Å². The van der Waals surface area contributed by atoms with Gasteiger partial charge in [0, 0.05) is 44.5 Å². The molecule has 1 saturated heterocycles. The molecule has 2 fully saturated rings. The van der Waals surface area contributed by atoms with E-state index in [1.807, 2.05) is 0 Å². The molecule has 0 radical (unpaired) electrons. The number of hydrogen-bond acceptors (Lipinski definition) is 11. The number of phenolic OH excluding ortho intramolecular Hbond substituents is 3. The van der Waals surface area contributed by atoms with Gasteiger partial charge in [-0.25, -0.2) is 27.2 Å². The number of piperazine rings is 1. The monoisotopic (exact) mass is 881 g/mol. The minimum Gasteiger partial charge on any atom is -0.534 e. The number of aromatic carboxylic acids is 1. The third kappa shape index (κ3) is 10.0. The van der Waals surface area contributed by atoms with Gasteiger partial charge in [0.1, 0.15) is 17.1 Å². The second-order valence-corrected chi connectivity index (χ2v) is 14.6. The number of aromatic hydroxyl groups is 3. The molecule has 0 spiro atoms. The quantitative estimate of drug-likeness (QED) is 0.0338. The van der Waals surface area contributed by atoms with E-state index in [9.17, 15) is 66.4 Å². The van der Waals surface area contributed by atoms with Crippen molar-refractivity contribution in [1.82, 2.24) is 25.8 Å². The number of carbonyl (C=O) groups is 5. The summed E-state index contributed by atoms with van der Waals surface area (Å²) in [5, 5.41) is 45.9. The van der Waals surface area contributed by atoms with E-state index in [1.54, 1.807) is 0 Å². The Kier molecular flexibility index (Phi) is 14.2. The molecule has 1 aliphatic carbocycles. The van der Waals surface area contributed by atoms with Crippen LogP contribution in [0, 0.1) is 35.0 Å². The first-order valence-electron chi connectivity index (χ1n) is 18.4. The Hall–Kier alpha value is -6.29. The van der Waals surface area contributed by atoms with Crippen molar-refractivity contribution in [2.75, 3.05) is 33.3 Å². The number of amides is 5. The standard InChI is InChI=1S/C34H30BClF5N5O11.C4H8/c1-13(43-20-10-14-4-5-17(37)21(33(53)54)29(14)57-35(20)56-2)25(15-11-19(39)26(47)27(48)22(15)36)44-34(55)46-9-8-45(31(51)32(46)52)7-3-6-42-30(50)16-12-18(38)24(41)28(49)23(16)40;1-4-2-3-4/h4-5,11-12,20,25,43,47-49H,1,3,6-10H2,2H3,(H,42,50)(H,44,55)(H,53,54);4H,2-3H2,1H3. The lowest BCUT2D eigenvalue weighted by molar-refractivity contribution is -0.153. The average molecular weight is 882 g/mol. The molecule has 0 aromatic heterocycles. The minimum absolute atomic E-state index is 0.0411. The zero-order valence-corrected chi connectivity index (χ0v) is 33.0. The fourth-order valence-corrected chi connectivity index (χ4v) is 6.49. The number of carboxylic acids is 1. The molecule has 3 aromatic rings. The second-order valence-electron chi connectivity index (χ2n) is 14.2. The van der Waals surface area contributed by atoms with E-state index < -0.39 is 123 Å². The van der Waals surface area contributed by atoms with Crippen LogP contribution >= 0.6 is 11.6 Å². The van der Waals surface area contributed by atoms with Crippen molar-refractivity contribution >= 4 is 48.4 Å². The van der Waals surface area contributed by atoms with Crippen LogP contribution in [0.3, 0.4) is 0 Å². The third-order valence-electron chi connectivity index (χ3n) is 9.82. The molecule has 5 amide bonds. The first-order chi connectivity index (χ1) is 28.8. The number of urea groups is 1. The largest absolute Gasteiger partial charge is 0.549 e. The summed E-state index contributed by atoms with van der Waals surface area (Å²) in [5.41, 5.74) is -2.12. The zero-order valence-electron chi connectivity index (χ0n) is 32.3. The highest BCUT2D eigenvalue weighted by Gasteiger charge is 2.42. The molecule has 23 heteroatoms. The maximum absolute atomic E-state index is 14.7. The van der Waals surface area contributed by atoms with Crippen LogP contribution in [-0.2, 0) is 20.7 Å². The highest BCUT2D eigenvalue weighted by Crippen LogP contribution is 2.42. The first-order valence-corrected chi connectivity index (χ1v) is 18.8. The molecule has 61 heavy (non-hydrogen) atoms. The van der Waals surface area contributed by atoms with Crippen molar-refractivity contribution in [2.24, 2.45) is 5.92 Å². The minimum atomic E-state index is -1.88. The van der Waals surface area contributed by atoms with Crippen molar-refractivity contribution in [1.29, 1.82) is 0 Å². The summed E-state index contributed by atoms with van der Waals surface area (Å²) < 4.78 is 81.1. The molecule has 3 aliphatic rings. The van der Waals surface area contributed by atoms with Gasteiger partial charge in [0.25, 0.3) is 5.91 Å². The van der Waals surface area contributed by atoms with Gasteiger partial charge < -0.3 is 50.6 Å². The number of halogens is 6. The summed E-state index contributed by atoms with van der Waals surface area (Å²) in [6.07, 6.45) is 2.85. The third-order valence-corrected chi connectivity index (χ3v) is 10.2. The Balaban J connectivity index is 0.00000166. The van der Waals surface area contributed by atoms with Crippen molar-refractivity contribution in [3.8, 4) is 23.0 Å². The van der Waals surface area contributed by atoms with Crippen LogP contribution in [0.25, 0.3) is 0 Å². The second kappa shape index (κ2) is 19.0. The molecular formula is C38H38BClF5N5O11. The fourth-order valence-electron chi connectivity index (χ4n) is 6.24. The van der Waals surface area contributed by atoms with E-state index in [4.69, 9.17) is 20.9 Å². The van der Waals surface area contributed by atoms with Crippen molar-refractivity contribution in [3.05, 3.63) is 92.9 Å². The number of imide groups is 1. The van der Waals surface area contributed by atoms with Crippen LogP contribution < -0.4 is 20.6 Å². The molecule has 2 aliphatic heterocycles. The molecule has 2 unspecified atom stereocenters. The molecule has 326 valence electrons. The molecule has 0 bridgehead atoms. The molecule has 6 rings (SSSR count). The maximum atomic E-state index is 14.7. The normalized spacial score (nSPS) is 16.5. The number of benzene rings is 3. The Morgan fingerprint density at radius 2 is 1.66 bits per heavy atom. The van der Waals surface area contributed by atoms with E-state index in [0.29, 0.717) is 11.0 Å². The molecule has 2 atom stereocenters. The number of carbonyl (C=O) groups excluding carboxylic acids is 4. The lowest BCUT2D eigenvalue weighted by atomic mass is 9.71. The molecule has 16 nitrogen and oxygen atoms in total. The van der Waals surface area contributed by atoms with Crippen molar-refractivity contribution in [3.63, 3.8) is 0 Å². The van der Waals surface area contributed by atoms with Gasteiger partial charge in [-0.15, -0.1) is 0 Å². The summed E-state index contributed by atoms with van der Waals surface area (Å²) in [7, 11) is -0.120. The zero-order chi connectivity index (χ0) is 45.0. The number of phenols is 3. The summed E-state index contributed by atoms with van der Waals surface area (Å²) in [5.74, 6) is -17.2. The van der Waals surface area contributed by atoms with E-state index in [0.717, 1.165) is 16.9 Å². The van der Waals surface area contributed by atoms with Gasteiger partial charge in [0.15, 0.2) is 34.7 Å². The van der Waals surface area contributed by atoms with Gasteiger partial charge in [-0.05, 0) is 42.5 Å². The van der Waals surface area contributed by atoms with Crippen LogP contribution in [0.1, 0.15) is 64.1 Å². The topological polar surface area (TPSA) is 227 Å². The summed E-state index contributed by atoms with van der Waals surface area (Å²) >= 11 is 6.25. The van der Waals surface area contributed by atoms with E-state index in [1.165, 1.54) is 26.0 Å². The van der Waals surface area contributed by atoms with Crippen LogP contribution in [-0.4, -0.2) is 106 Å². The van der Waals surface area contributed by atoms with Gasteiger partial charge in [-0.1, -0.05) is 44.0 Å².